The zero-order valence-electron chi connectivity index (χ0n) is 12.7. The first-order valence-electron chi connectivity index (χ1n) is 7.09. The Bertz CT molecular complexity index is 683. The van der Waals surface area contributed by atoms with Crippen molar-refractivity contribution < 1.29 is 13.2 Å². The van der Waals surface area contributed by atoms with E-state index in [9.17, 15) is 8.42 Å². The summed E-state index contributed by atoms with van der Waals surface area (Å²) < 4.78 is 32.5. The lowest BCUT2D eigenvalue weighted by Crippen LogP contribution is -2.23. The fourth-order valence-corrected chi connectivity index (χ4v) is 2.76. The van der Waals surface area contributed by atoms with Crippen LogP contribution in [0.4, 0.5) is 0 Å². The first kappa shape index (κ1) is 16.5. The third-order valence-electron chi connectivity index (χ3n) is 2.91. The van der Waals surface area contributed by atoms with E-state index in [1.165, 1.54) is 0 Å². The molecule has 0 aliphatic rings. The van der Waals surface area contributed by atoms with E-state index in [4.69, 9.17) is 4.74 Å². The van der Waals surface area contributed by atoms with E-state index in [2.05, 4.69) is 23.6 Å². The van der Waals surface area contributed by atoms with Gasteiger partial charge in [0.05, 0.1) is 11.5 Å². The first-order chi connectivity index (χ1) is 10.5. The molecule has 0 atom stereocenters. The van der Waals surface area contributed by atoms with Gasteiger partial charge >= 0.3 is 0 Å². The second-order valence-electron chi connectivity index (χ2n) is 5.36. The topological polar surface area (TPSA) is 68.3 Å². The summed E-state index contributed by atoms with van der Waals surface area (Å²) in [6.45, 7) is 4.93. The molecular weight excluding hydrogens is 300 g/mol. The van der Waals surface area contributed by atoms with Crippen LogP contribution in [0.25, 0.3) is 0 Å². The minimum Gasteiger partial charge on any atom is -0.493 e. The van der Waals surface area contributed by atoms with Crippen molar-refractivity contribution in [3.8, 4) is 5.75 Å². The van der Waals surface area contributed by atoms with Crippen LogP contribution in [-0.2, 0) is 16.6 Å². The van der Waals surface area contributed by atoms with Crippen molar-refractivity contribution in [3.05, 3.63) is 54.4 Å². The fraction of sp³-hybridized carbons (Fsp3) is 0.312. The van der Waals surface area contributed by atoms with E-state index in [-0.39, 0.29) is 11.4 Å². The zero-order valence-corrected chi connectivity index (χ0v) is 13.5. The van der Waals surface area contributed by atoms with E-state index < -0.39 is 10.0 Å². The molecule has 0 bridgehead atoms. The molecule has 0 saturated heterocycles. The average Bonchev–Trinajstić information content (AvgIpc) is 2.52. The van der Waals surface area contributed by atoms with E-state index in [0.717, 1.165) is 5.56 Å². The predicted molar refractivity (Wildman–Crippen MR) is 85.0 cm³/mol. The smallest absolute Gasteiger partial charge is 0.240 e. The molecule has 1 aromatic carbocycles. The lowest BCUT2D eigenvalue weighted by Gasteiger charge is -2.10. The highest BCUT2D eigenvalue weighted by molar-refractivity contribution is 7.89. The van der Waals surface area contributed by atoms with Crippen LogP contribution in [0.5, 0.6) is 5.75 Å². The Labute approximate surface area is 131 Å². The van der Waals surface area contributed by atoms with Crippen molar-refractivity contribution in [1.29, 1.82) is 0 Å². The molecule has 1 aromatic heterocycles. The fourth-order valence-electron chi connectivity index (χ4n) is 1.74. The van der Waals surface area contributed by atoms with Crippen LogP contribution in [0.15, 0.2) is 53.7 Å². The molecule has 1 heterocycles. The van der Waals surface area contributed by atoms with Crippen molar-refractivity contribution in [1.82, 2.24) is 9.71 Å². The summed E-state index contributed by atoms with van der Waals surface area (Å²) in [5.74, 6) is 1.09. The first-order valence-corrected chi connectivity index (χ1v) is 8.57. The van der Waals surface area contributed by atoms with Gasteiger partial charge in [-0.05, 0) is 41.8 Å². The number of pyridine rings is 1. The van der Waals surface area contributed by atoms with E-state index in [0.29, 0.717) is 18.3 Å². The van der Waals surface area contributed by atoms with Gasteiger partial charge in [0, 0.05) is 18.9 Å². The second-order valence-corrected chi connectivity index (χ2v) is 7.13. The number of hydrogen-bond acceptors (Lipinski definition) is 4. The Balaban J connectivity index is 2.00. The second kappa shape index (κ2) is 7.38. The normalized spacial score (nSPS) is 11.6. The molecule has 5 nitrogen and oxygen atoms in total. The van der Waals surface area contributed by atoms with Gasteiger partial charge in [-0.25, -0.2) is 13.1 Å². The molecule has 2 rings (SSSR count). The molecular formula is C16H20N2O3S. The van der Waals surface area contributed by atoms with Crippen LogP contribution in [0, 0.1) is 5.92 Å². The summed E-state index contributed by atoms with van der Waals surface area (Å²) in [4.78, 5) is 4.17. The average molecular weight is 320 g/mol. The van der Waals surface area contributed by atoms with E-state index in [1.54, 1.807) is 42.7 Å². The molecule has 22 heavy (non-hydrogen) atoms. The number of ether oxygens (including phenoxy) is 1. The SMILES string of the molecule is CC(C)COc1ccc(S(=O)(=O)NCc2cccnc2)cc1. The number of sulfonamides is 1. The molecule has 0 radical (unpaired) electrons. The quantitative estimate of drug-likeness (QED) is 0.851. The maximum Gasteiger partial charge on any atom is 0.240 e. The van der Waals surface area contributed by atoms with Crippen molar-refractivity contribution >= 4 is 10.0 Å². The maximum atomic E-state index is 12.2. The number of aromatic nitrogens is 1. The lowest BCUT2D eigenvalue weighted by molar-refractivity contribution is 0.271. The van der Waals surface area contributed by atoms with Crippen LogP contribution in [-0.4, -0.2) is 20.0 Å². The minimum absolute atomic E-state index is 0.210. The minimum atomic E-state index is -3.54. The van der Waals surface area contributed by atoms with E-state index >= 15 is 0 Å². The monoisotopic (exact) mass is 320 g/mol. The molecule has 0 amide bonds. The van der Waals surface area contributed by atoms with Gasteiger partial charge in [-0.1, -0.05) is 19.9 Å². The van der Waals surface area contributed by atoms with Gasteiger partial charge in [-0.3, -0.25) is 4.98 Å². The third kappa shape index (κ3) is 4.82. The van der Waals surface area contributed by atoms with Crippen molar-refractivity contribution in [2.24, 2.45) is 5.92 Å². The Morgan fingerprint density at radius 1 is 1.18 bits per heavy atom. The highest BCUT2D eigenvalue weighted by Crippen LogP contribution is 2.16. The molecule has 6 heteroatoms. The molecule has 1 N–H and O–H groups in total. The van der Waals surface area contributed by atoms with E-state index in [1.807, 2.05) is 6.07 Å². The molecule has 118 valence electrons. The van der Waals surface area contributed by atoms with Crippen molar-refractivity contribution in [2.45, 2.75) is 25.3 Å². The highest BCUT2D eigenvalue weighted by Gasteiger charge is 2.13. The summed E-state index contributed by atoms with van der Waals surface area (Å²) in [7, 11) is -3.54. The third-order valence-corrected chi connectivity index (χ3v) is 4.32. The van der Waals surface area contributed by atoms with Crippen LogP contribution in [0.3, 0.4) is 0 Å². The summed E-state index contributed by atoms with van der Waals surface area (Å²) in [5.41, 5.74) is 0.808. The Kier molecular flexibility index (Phi) is 5.51. The Morgan fingerprint density at radius 2 is 1.91 bits per heavy atom. The maximum absolute atomic E-state index is 12.2. The van der Waals surface area contributed by atoms with Crippen LogP contribution < -0.4 is 9.46 Å². The number of rotatable bonds is 7. The van der Waals surface area contributed by atoms with Gasteiger partial charge in [0.15, 0.2) is 0 Å². The molecule has 0 aliphatic heterocycles. The number of nitrogens with zero attached hydrogens (tertiary/aromatic N) is 1. The van der Waals surface area contributed by atoms with Crippen LogP contribution in [0.1, 0.15) is 19.4 Å². The van der Waals surface area contributed by atoms with Gasteiger partial charge in [0.2, 0.25) is 10.0 Å². The summed E-state index contributed by atoms with van der Waals surface area (Å²) in [5, 5.41) is 0. The standard InChI is InChI=1S/C16H20N2O3S/c1-13(2)12-21-15-5-7-16(8-6-15)22(19,20)18-11-14-4-3-9-17-10-14/h3-10,13,18H,11-12H2,1-2H3. The number of benzene rings is 1. The zero-order chi connectivity index (χ0) is 16.0. The molecule has 0 aliphatic carbocycles. The number of hydrogen-bond donors (Lipinski definition) is 1. The van der Waals surface area contributed by atoms with Crippen LogP contribution in [0.2, 0.25) is 0 Å². The largest absolute Gasteiger partial charge is 0.493 e. The Hall–Kier alpha value is -1.92. The molecule has 0 fully saturated rings. The Morgan fingerprint density at radius 3 is 2.50 bits per heavy atom. The molecule has 2 aromatic rings. The predicted octanol–water partition coefficient (Wildman–Crippen LogP) is 2.59. The van der Waals surface area contributed by atoms with Gasteiger partial charge in [-0.15, -0.1) is 0 Å². The summed E-state index contributed by atoms with van der Waals surface area (Å²) in [6.07, 6.45) is 3.28. The lowest BCUT2D eigenvalue weighted by atomic mass is 10.2. The molecule has 0 spiro atoms. The van der Waals surface area contributed by atoms with Crippen LogP contribution >= 0.6 is 0 Å². The van der Waals surface area contributed by atoms with Gasteiger partial charge < -0.3 is 4.74 Å². The number of nitrogens with one attached hydrogen (secondary N) is 1. The van der Waals surface area contributed by atoms with Gasteiger partial charge in [-0.2, -0.15) is 0 Å². The molecule has 0 saturated carbocycles. The van der Waals surface area contributed by atoms with Gasteiger partial charge in [0.1, 0.15) is 5.75 Å². The summed E-state index contributed by atoms with van der Waals surface area (Å²) in [6, 6.07) is 10.0. The van der Waals surface area contributed by atoms with Crippen molar-refractivity contribution in [2.75, 3.05) is 6.61 Å². The van der Waals surface area contributed by atoms with Gasteiger partial charge in [0.25, 0.3) is 0 Å². The van der Waals surface area contributed by atoms with Crippen molar-refractivity contribution in [3.63, 3.8) is 0 Å². The highest BCUT2D eigenvalue weighted by atomic mass is 32.2. The summed E-state index contributed by atoms with van der Waals surface area (Å²) >= 11 is 0. The molecule has 0 unspecified atom stereocenters.